The van der Waals surface area contributed by atoms with Crippen LogP contribution >= 0.6 is 43.6 Å². The Morgan fingerprint density at radius 1 is 1.00 bits per heavy atom. The van der Waals surface area contributed by atoms with Crippen LogP contribution in [-0.4, -0.2) is 6.29 Å². The maximum absolute atomic E-state index is 11.0. The number of halogens is 2. The van der Waals surface area contributed by atoms with E-state index in [9.17, 15) is 4.79 Å². The van der Waals surface area contributed by atoms with Gasteiger partial charge in [0.05, 0.1) is 0 Å². The van der Waals surface area contributed by atoms with Gasteiger partial charge in [-0.05, 0) is 36.4 Å². The topological polar surface area (TPSA) is 17.1 Å². The van der Waals surface area contributed by atoms with Gasteiger partial charge in [-0.15, -0.1) is 0 Å². The van der Waals surface area contributed by atoms with E-state index in [1.807, 2.05) is 42.5 Å². The molecule has 0 atom stereocenters. The van der Waals surface area contributed by atoms with Crippen molar-refractivity contribution in [2.24, 2.45) is 0 Å². The van der Waals surface area contributed by atoms with Crippen LogP contribution in [0.15, 0.2) is 61.2 Å². The molecule has 0 fully saturated rings. The molecule has 0 N–H and O–H groups in total. The van der Waals surface area contributed by atoms with Crippen LogP contribution in [-0.2, 0) is 0 Å². The van der Waals surface area contributed by atoms with Gasteiger partial charge in [0.2, 0.25) is 0 Å². The second kappa shape index (κ2) is 5.85. The standard InChI is InChI=1S/C13H8Br2OS/c14-10-2-1-3-12(6-10)17-13-7-11(15)5-4-9(13)8-16/h1-8H. The second-order valence-electron chi connectivity index (χ2n) is 3.36. The minimum absolute atomic E-state index is 0.707. The molecule has 0 aliphatic rings. The molecule has 0 heterocycles. The van der Waals surface area contributed by atoms with Gasteiger partial charge in [-0.2, -0.15) is 0 Å². The van der Waals surface area contributed by atoms with E-state index < -0.39 is 0 Å². The monoisotopic (exact) mass is 370 g/mol. The molecule has 0 bridgehead atoms. The van der Waals surface area contributed by atoms with E-state index in [0.29, 0.717) is 5.56 Å². The molecule has 86 valence electrons. The van der Waals surface area contributed by atoms with E-state index in [-0.39, 0.29) is 0 Å². The van der Waals surface area contributed by atoms with Crippen molar-refractivity contribution < 1.29 is 4.79 Å². The summed E-state index contributed by atoms with van der Waals surface area (Å²) in [5, 5.41) is 0. The fraction of sp³-hybridized carbons (Fsp3) is 0. The van der Waals surface area contributed by atoms with E-state index in [2.05, 4.69) is 31.9 Å². The van der Waals surface area contributed by atoms with Gasteiger partial charge < -0.3 is 0 Å². The summed E-state index contributed by atoms with van der Waals surface area (Å²) in [5.41, 5.74) is 0.707. The summed E-state index contributed by atoms with van der Waals surface area (Å²) in [6.45, 7) is 0. The number of hydrogen-bond acceptors (Lipinski definition) is 2. The van der Waals surface area contributed by atoms with Gasteiger partial charge >= 0.3 is 0 Å². The van der Waals surface area contributed by atoms with E-state index in [1.165, 1.54) is 0 Å². The molecule has 2 aromatic rings. The predicted octanol–water partition coefficient (Wildman–Crippen LogP) is 5.18. The first kappa shape index (κ1) is 12.9. The summed E-state index contributed by atoms with van der Waals surface area (Å²) in [7, 11) is 0. The molecule has 4 heteroatoms. The van der Waals surface area contributed by atoms with Crippen LogP contribution in [0.5, 0.6) is 0 Å². The summed E-state index contributed by atoms with van der Waals surface area (Å²) in [6, 6.07) is 13.6. The van der Waals surface area contributed by atoms with Gasteiger partial charge in [0, 0.05) is 24.3 Å². The van der Waals surface area contributed by atoms with E-state index in [4.69, 9.17) is 0 Å². The number of rotatable bonds is 3. The third-order valence-corrected chi connectivity index (χ3v) is 4.18. The van der Waals surface area contributed by atoms with Crippen LogP contribution in [0.2, 0.25) is 0 Å². The Morgan fingerprint density at radius 3 is 2.47 bits per heavy atom. The lowest BCUT2D eigenvalue weighted by Crippen LogP contribution is -1.85. The minimum atomic E-state index is 0.707. The largest absolute Gasteiger partial charge is 0.298 e. The molecule has 1 nitrogen and oxygen atoms in total. The summed E-state index contributed by atoms with van der Waals surface area (Å²) in [4.78, 5) is 13.0. The fourth-order valence-corrected chi connectivity index (χ4v) is 3.42. The molecule has 0 aromatic heterocycles. The van der Waals surface area contributed by atoms with Crippen molar-refractivity contribution >= 4 is 49.9 Å². The quantitative estimate of drug-likeness (QED) is 0.692. The van der Waals surface area contributed by atoms with Gasteiger partial charge in [0.1, 0.15) is 0 Å². The van der Waals surface area contributed by atoms with Gasteiger partial charge in [0.25, 0.3) is 0 Å². The number of benzene rings is 2. The zero-order chi connectivity index (χ0) is 12.3. The normalized spacial score (nSPS) is 10.2. The highest BCUT2D eigenvalue weighted by Crippen LogP contribution is 2.33. The predicted molar refractivity (Wildman–Crippen MR) is 77.8 cm³/mol. The van der Waals surface area contributed by atoms with Gasteiger partial charge in [-0.25, -0.2) is 0 Å². The smallest absolute Gasteiger partial charge is 0.151 e. The molecular weight excluding hydrogens is 364 g/mol. The van der Waals surface area contributed by atoms with Crippen LogP contribution in [0.3, 0.4) is 0 Å². The zero-order valence-electron chi connectivity index (χ0n) is 8.69. The first-order valence-corrected chi connectivity index (χ1v) is 7.27. The van der Waals surface area contributed by atoms with Gasteiger partial charge in [-0.3, -0.25) is 4.79 Å². The minimum Gasteiger partial charge on any atom is -0.298 e. The third kappa shape index (κ3) is 3.44. The average Bonchev–Trinajstić information content (AvgIpc) is 2.29. The molecule has 0 spiro atoms. The molecule has 0 unspecified atom stereocenters. The molecule has 0 aliphatic carbocycles. The maximum atomic E-state index is 11.0. The molecule has 0 amide bonds. The highest BCUT2D eigenvalue weighted by Gasteiger charge is 2.05. The summed E-state index contributed by atoms with van der Waals surface area (Å²) >= 11 is 8.42. The van der Waals surface area contributed by atoms with Crippen molar-refractivity contribution in [3.63, 3.8) is 0 Å². The Hall–Kier alpha value is -0.580. The molecule has 0 aliphatic heterocycles. The second-order valence-corrected chi connectivity index (χ2v) is 6.31. The van der Waals surface area contributed by atoms with E-state index in [0.717, 1.165) is 25.0 Å². The fourth-order valence-electron chi connectivity index (χ4n) is 1.35. The van der Waals surface area contributed by atoms with Crippen molar-refractivity contribution in [3.8, 4) is 0 Å². The van der Waals surface area contributed by atoms with Crippen LogP contribution in [0.4, 0.5) is 0 Å². The van der Waals surface area contributed by atoms with E-state index in [1.54, 1.807) is 11.8 Å². The van der Waals surface area contributed by atoms with E-state index >= 15 is 0 Å². The number of carbonyl (C=O) groups excluding carboxylic acids is 1. The van der Waals surface area contributed by atoms with Crippen LogP contribution in [0, 0.1) is 0 Å². The SMILES string of the molecule is O=Cc1ccc(Br)cc1Sc1cccc(Br)c1. The van der Waals surface area contributed by atoms with Gasteiger partial charge in [0.15, 0.2) is 6.29 Å². The maximum Gasteiger partial charge on any atom is 0.151 e. The highest BCUT2D eigenvalue weighted by atomic mass is 79.9. The summed E-state index contributed by atoms with van der Waals surface area (Å²) in [5.74, 6) is 0. The zero-order valence-corrected chi connectivity index (χ0v) is 12.7. The Bertz CT molecular complexity index is 555. The van der Waals surface area contributed by atoms with Crippen molar-refractivity contribution in [1.82, 2.24) is 0 Å². The molecule has 2 rings (SSSR count). The van der Waals surface area contributed by atoms with Crippen molar-refractivity contribution in [2.45, 2.75) is 9.79 Å². The molecule has 17 heavy (non-hydrogen) atoms. The van der Waals surface area contributed by atoms with Crippen LogP contribution in [0.25, 0.3) is 0 Å². The van der Waals surface area contributed by atoms with Crippen molar-refractivity contribution in [2.75, 3.05) is 0 Å². The first-order chi connectivity index (χ1) is 8.19. The van der Waals surface area contributed by atoms with Crippen LogP contribution in [0.1, 0.15) is 10.4 Å². The highest BCUT2D eigenvalue weighted by molar-refractivity contribution is 9.10. The molecule has 0 radical (unpaired) electrons. The summed E-state index contributed by atoms with van der Waals surface area (Å²) < 4.78 is 2.01. The lowest BCUT2D eigenvalue weighted by molar-refractivity contribution is 0.112. The lowest BCUT2D eigenvalue weighted by Gasteiger charge is -2.05. The Labute approximate surface area is 121 Å². The Kier molecular flexibility index (Phi) is 4.42. The Morgan fingerprint density at radius 2 is 1.76 bits per heavy atom. The Balaban J connectivity index is 2.35. The molecular formula is C13H8Br2OS. The van der Waals surface area contributed by atoms with Gasteiger partial charge in [-0.1, -0.05) is 49.7 Å². The molecule has 0 saturated heterocycles. The average molecular weight is 372 g/mol. The molecule has 2 aromatic carbocycles. The third-order valence-electron chi connectivity index (χ3n) is 2.13. The number of carbonyl (C=O) groups is 1. The van der Waals surface area contributed by atoms with Crippen molar-refractivity contribution in [3.05, 3.63) is 57.0 Å². The lowest BCUT2D eigenvalue weighted by atomic mass is 10.2. The number of aldehydes is 1. The molecule has 0 saturated carbocycles. The first-order valence-electron chi connectivity index (χ1n) is 4.87. The summed E-state index contributed by atoms with van der Waals surface area (Å²) in [6.07, 6.45) is 0.882. The number of hydrogen-bond donors (Lipinski definition) is 0. The van der Waals surface area contributed by atoms with Crippen molar-refractivity contribution in [1.29, 1.82) is 0 Å². The van der Waals surface area contributed by atoms with Crippen LogP contribution < -0.4 is 0 Å².